The lowest BCUT2D eigenvalue weighted by Crippen LogP contribution is -1.88. The molecule has 0 radical (unpaired) electrons. The fourth-order valence-electron chi connectivity index (χ4n) is 0.615. The molecule has 0 unspecified atom stereocenters. The summed E-state index contributed by atoms with van der Waals surface area (Å²) in [6.07, 6.45) is 1.43. The molecule has 0 bridgehead atoms. The third-order valence-corrected chi connectivity index (χ3v) is 1.91. The summed E-state index contributed by atoms with van der Waals surface area (Å²) in [6, 6.07) is 12.3. The van der Waals surface area contributed by atoms with E-state index in [1.165, 1.54) is 4.88 Å². The van der Waals surface area contributed by atoms with Gasteiger partial charge in [0, 0.05) is 4.88 Å². The summed E-state index contributed by atoms with van der Waals surface area (Å²) in [7, 11) is -7.33. The van der Waals surface area contributed by atoms with Gasteiger partial charge in [-0.3, -0.25) is 9.11 Å². The quantitative estimate of drug-likeness (QED) is 0.700. The van der Waals surface area contributed by atoms with Crippen molar-refractivity contribution < 1.29 is 25.9 Å². The molecule has 6 nitrogen and oxygen atoms in total. The second kappa shape index (κ2) is 10.7. The SMILES string of the molecule is CS(=O)(=O)O.CS(=O)(=O)O.Cc1cccccccs1. The van der Waals surface area contributed by atoms with Crippen molar-refractivity contribution in [2.24, 2.45) is 0 Å². The van der Waals surface area contributed by atoms with Crippen molar-refractivity contribution in [1.82, 2.24) is 0 Å². The lowest BCUT2D eigenvalue weighted by molar-refractivity contribution is 0.488. The van der Waals surface area contributed by atoms with E-state index >= 15 is 0 Å². The lowest BCUT2D eigenvalue weighted by Gasteiger charge is -1.76. The second-order valence-corrected chi connectivity index (χ2v) is 7.54. The zero-order chi connectivity index (χ0) is 16.2. The molecule has 0 amide bonds. The van der Waals surface area contributed by atoms with Crippen molar-refractivity contribution in [3.05, 3.63) is 46.7 Å². The monoisotopic (exact) mass is 342 g/mol. The van der Waals surface area contributed by atoms with Crippen molar-refractivity contribution in [3.63, 3.8) is 0 Å². The zero-order valence-electron chi connectivity index (χ0n) is 11.3. The number of aryl methyl sites for hydroxylation is 1. The van der Waals surface area contributed by atoms with Crippen LogP contribution in [0.15, 0.2) is 41.8 Å². The van der Waals surface area contributed by atoms with E-state index in [0.717, 1.165) is 0 Å². The Bertz CT molecular complexity index is 545. The third kappa shape index (κ3) is 43.5. The highest BCUT2D eigenvalue weighted by atomic mass is 32.2. The van der Waals surface area contributed by atoms with Crippen LogP contribution in [-0.2, 0) is 20.2 Å². The summed E-state index contributed by atoms with van der Waals surface area (Å²) >= 11 is 1.74. The van der Waals surface area contributed by atoms with E-state index in [9.17, 15) is 16.8 Å². The third-order valence-electron chi connectivity index (χ3n) is 1.11. The van der Waals surface area contributed by atoms with Crippen molar-refractivity contribution in [2.75, 3.05) is 12.5 Å². The molecule has 1 aromatic heterocycles. The Morgan fingerprint density at radius 1 is 0.850 bits per heavy atom. The van der Waals surface area contributed by atoms with E-state index in [4.69, 9.17) is 9.11 Å². The Morgan fingerprint density at radius 3 is 1.65 bits per heavy atom. The second-order valence-electron chi connectivity index (χ2n) is 3.46. The fourth-order valence-corrected chi connectivity index (χ4v) is 1.16. The van der Waals surface area contributed by atoms with Crippen LogP contribution in [0.25, 0.3) is 0 Å². The molecule has 0 aromatic carbocycles. The van der Waals surface area contributed by atoms with Crippen molar-refractivity contribution >= 4 is 31.6 Å². The minimum Gasteiger partial charge on any atom is -0.286 e. The molecule has 0 saturated carbocycles. The van der Waals surface area contributed by atoms with Gasteiger partial charge in [-0.1, -0.05) is 30.3 Å². The Morgan fingerprint density at radius 2 is 1.20 bits per heavy atom. The van der Waals surface area contributed by atoms with Crippen LogP contribution in [0, 0.1) is 6.92 Å². The smallest absolute Gasteiger partial charge is 0.261 e. The standard InChI is InChI=1S/C9H10S.2CH4O3S/c1-9-7-5-3-2-4-6-8-10-9;2*1-5(2,3)4/h2-8H,1H3;2*1H3,(H,2,3,4). The molecule has 1 heterocycles. The summed E-state index contributed by atoms with van der Waals surface area (Å²) in [5.41, 5.74) is 0. The van der Waals surface area contributed by atoms with Gasteiger partial charge in [0.25, 0.3) is 20.2 Å². The molecule has 0 aliphatic rings. The number of hydrogen-bond donors (Lipinski definition) is 2. The summed E-state index contributed by atoms with van der Waals surface area (Å²) in [4.78, 5) is 1.32. The summed E-state index contributed by atoms with van der Waals surface area (Å²) < 4.78 is 51.7. The average molecular weight is 342 g/mol. The summed E-state index contributed by atoms with van der Waals surface area (Å²) in [6.45, 7) is 2.10. The van der Waals surface area contributed by atoms with Crippen LogP contribution in [-0.4, -0.2) is 38.5 Å². The molecule has 0 spiro atoms. The lowest BCUT2D eigenvalue weighted by atomic mass is 10.4. The van der Waals surface area contributed by atoms with Gasteiger partial charge in [0.1, 0.15) is 0 Å². The molecular weight excluding hydrogens is 324 g/mol. The molecule has 0 fully saturated rings. The predicted octanol–water partition coefficient (Wildman–Crippen LogP) is 2.19. The maximum absolute atomic E-state index is 9.19. The summed E-state index contributed by atoms with van der Waals surface area (Å²) in [5.74, 6) is 0. The first kappa shape index (κ1) is 21.3. The Hall–Kier alpha value is -1.00. The predicted molar refractivity (Wildman–Crippen MR) is 81.6 cm³/mol. The van der Waals surface area contributed by atoms with Gasteiger partial charge >= 0.3 is 0 Å². The van der Waals surface area contributed by atoms with Gasteiger partial charge in [0.05, 0.1) is 12.5 Å². The minimum absolute atomic E-state index is 0.715. The normalized spacial score (nSPS) is 10.1. The molecule has 116 valence electrons. The molecule has 1 rings (SSSR count). The maximum Gasteiger partial charge on any atom is 0.261 e. The highest BCUT2D eigenvalue weighted by Crippen LogP contribution is 1.99. The van der Waals surface area contributed by atoms with Crippen LogP contribution < -0.4 is 0 Å². The van der Waals surface area contributed by atoms with E-state index in [1.54, 1.807) is 11.3 Å². The Kier molecular flexibility index (Phi) is 11.4. The molecule has 2 N–H and O–H groups in total. The van der Waals surface area contributed by atoms with Gasteiger partial charge in [-0.2, -0.15) is 16.8 Å². The topological polar surface area (TPSA) is 109 Å². The molecule has 20 heavy (non-hydrogen) atoms. The molecule has 1 aromatic rings. The average Bonchev–Trinajstić information content (AvgIpc) is 2.26. The molecule has 0 aliphatic heterocycles. The van der Waals surface area contributed by atoms with E-state index in [-0.39, 0.29) is 0 Å². The van der Waals surface area contributed by atoms with Gasteiger partial charge in [0.2, 0.25) is 0 Å². The van der Waals surface area contributed by atoms with E-state index in [0.29, 0.717) is 12.5 Å². The van der Waals surface area contributed by atoms with Gasteiger partial charge in [-0.25, -0.2) is 0 Å². The minimum atomic E-state index is -3.67. The molecule has 0 atom stereocenters. The zero-order valence-corrected chi connectivity index (χ0v) is 13.7. The van der Waals surface area contributed by atoms with Crippen molar-refractivity contribution in [2.45, 2.75) is 6.92 Å². The highest BCUT2D eigenvalue weighted by molar-refractivity contribution is 7.85. The number of hydrogen-bond acceptors (Lipinski definition) is 5. The van der Waals surface area contributed by atoms with Gasteiger partial charge in [0.15, 0.2) is 0 Å². The van der Waals surface area contributed by atoms with Gasteiger partial charge in [-0.15, -0.1) is 11.3 Å². The van der Waals surface area contributed by atoms with Crippen LogP contribution in [0.1, 0.15) is 4.88 Å². The van der Waals surface area contributed by atoms with Crippen LogP contribution in [0.2, 0.25) is 0 Å². The fraction of sp³-hybridized carbons (Fsp3) is 0.273. The van der Waals surface area contributed by atoms with Gasteiger partial charge in [-0.05, 0) is 18.4 Å². The highest BCUT2D eigenvalue weighted by Gasteiger charge is 1.82. The Balaban J connectivity index is 0. The van der Waals surface area contributed by atoms with E-state index < -0.39 is 20.2 Å². The Labute approximate surface area is 123 Å². The van der Waals surface area contributed by atoms with Gasteiger partial charge < -0.3 is 0 Å². The van der Waals surface area contributed by atoms with Crippen LogP contribution in [0.4, 0.5) is 0 Å². The molecule has 0 saturated heterocycles. The molecule has 0 aliphatic carbocycles. The first-order chi connectivity index (χ1) is 8.89. The van der Waals surface area contributed by atoms with Crippen LogP contribution in [0.3, 0.4) is 0 Å². The van der Waals surface area contributed by atoms with E-state index in [1.807, 2.05) is 30.3 Å². The number of rotatable bonds is 0. The maximum atomic E-state index is 9.19. The molecular formula is C11H18O6S3. The first-order valence-electron chi connectivity index (χ1n) is 5.08. The van der Waals surface area contributed by atoms with Crippen LogP contribution >= 0.6 is 11.3 Å². The largest absolute Gasteiger partial charge is 0.286 e. The first-order valence-corrected chi connectivity index (χ1v) is 9.65. The summed E-state index contributed by atoms with van der Waals surface area (Å²) in [5, 5.41) is 2.08. The van der Waals surface area contributed by atoms with Crippen molar-refractivity contribution in [3.8, 4) is 0 Å². The van der Waals surface area contributed by atoms with Crippen LogP contribution in [0.5, 0.6) is 0 Å². The molecule has 9 heteroatoms. The van der Waals surface area contributed by atoms with Crippen molar-refractivity contribution in [1.29, 1.82) is 0 Å². The van der Waals surface area contributed by atoms with E-state index in [2.05, 4.69) is 18.4 Å².